The van der Waals surface area contributed by atoms with Crippen LogP contribution >= 0.6 is 11.8 Å². The van der Waals surface area contributed by atoms with Crippen molar-refractivity contribution in [2.24, 2.45) is 0 Å². The Balaban J connectivity index is 1.43. The van der Waals surface area contributed by atoms with E-state index >= 15 is 0 Å². The predicted octanol–water partition coefficient (Wildman–Crippen LogP) is 4.37. The van der Waals surface area contributed by atoms with E-state index in [9.17, 15) is 9.90 Å². The Morgan fingerprint density at radius 1 is 0.789 bits per heavy atom. The Labute approximate surface area is 228 Å². The number of benzene rings is 3. The minimum absolute atomic E-state index is 0.187. The zero-order chi connectivity index (χ0) is 26.6. The van der Waals surface area contributed by atoms with Gasteiger partial charge in [-0.15, -0.1) is 0 Å². The lowest BCUT2D eigenvalue weighted by atomic mass is 9.98. The molecule has 1 fully saturated rings. The lowest BCUT2D eigenvalue weighted by Gasteiger charge is -2.42. The maximum atomic E-state index is 12.7. The van der Waals surface area contributed by atoms with Gasteiger partial charge in [-0.1, -0.05) is 91.0 Å². The number of aliphatic hydroxyl groups is 1. The van der Waals surface area contributed by atoms with Crippen molar-refractivity contribution in [2.75, 3.05) is 19.5 Å². The second-order valence-corrected chi connectivity index (χ2v) is 9.98. The lowest BCUT2D eigenvalue weighted by molar-refractivity contribution is -0.311. The highest BCUT2D eigenvalue weighted by Gasteiger charge is 2.50. The van der Waals surface area contributed by atoms with Crippen molar-refractivity contribution in [3.63, 3.8) is 0 Å². The third-order valence-electron chi connectivity index (χ3n) is 6.15. The fraction of sp³-hybridized carbons (Fsp3) is 0.367. The van der Waals surface area contributed by atoms with Crippen LogP contribution in [0.4, 0.5) is 0 Å². The van der Waals surface area contributed by atoms with Crippen LogP contribution in [-0.2, 0) is 47.4 Å². The first-order valence-corrected chi connectivity index (χ1v) is 13.8. The molecule has 4 rings (SSSR count). The third-order valence-corrected chi connectivity index (χ3v) is 7.14. The maximum absolute atomic E-state index is 12.7. The Morgan fingerprint density at radius 2 is 1.32 bits per heavy atom. The van der Waals surface area contributed by atoms with E-state index in [2.05, 4.69) is 12.1 Å². The summed E-state index contributed by atoms with van der Waals surface area (Å²) < 4.78 is 29.2. The van der Waals surface area contributed by atoms with Crippen LogP contribution in [0, 0.1) is 0 Å². The number of aliphatic hydroxyl groups excluding tert-OH is 1. The topological polar surface area (TPSA) is 83.5 Å². The van der Waals surface area contributed by atoms with Crippen molar-refractivity contribution >= 4 is 17.7 Å². The molecule has 0 aliphatic carbocycles. The molecule has 5 unspecified atom stereocenters. The molecular weight excluding hydrogens is 504 g/mol. The molecule has 1 saturated heterocycles. The van der Waals surface area contributed by atoms with E-state index in [-0.39, 0.29) is 13.2 Å². The summed E-state index contributed by atoms with van der Waals surface area (Å²) in [5, 5.41) is 11.4. The molecule has 1 N–H and O–H groups in total. The van der Waals surface area contributed by atoms with Gasteiger partial charge in [0.1, 0.15) is 18.3 Å². The predicted molar refractivity (Wildman–Crippen MR) is 145 cm³/mol. The Morgan fingerprint density at radius 3 is 1.87 bits per heavy atom. The summed E-state index contributed by atoms with van der Waals surface area (Å²) in [6.45, 7) is 0.777. The van der Waals surface area contributed by atoms with Crippen LogP contribution in [0.15, 0.2) is 91.0 Å². The lowest BCUT2D eigenvalue weighted by Crippen LogP contribution is -2.62. The number of methoxy groups -OCH3 is 1. The first-order valence-electron chi connectivity index (χ1n) is 12.6. The monoisotopic (exact) mass is 538 g/mol. The van der Waals surface area contributed by atoms with E-state index in [1.807, 2.05) is 78.9 Å². The molecule has 1 aliphatic rings. The highest BCUT2D eigenvalue weighted by Crippen LogP contribution is 2.29. The Kier molecular flexibility index (Phi) is 11.2. The molecule has 7 nitrogen and oxygen atoms in total. The summed E-state index contributed by atoms with van der Waals surface area (Å²) in [7, 11) is 1.28. The third kappa shape index (κ3) is 8.14. The second-order valence-electron chi connectivity index (χ2n) is 8.87. The minimum atomic E-state index is -1.19. The highest BCUT2D eigenvalue weighted by atomic mass is 32.2. The van der Waals surface area contributed by atoms with Gasteiger partial charge in [-0.2, -0.15) is 11.8 Å². The number of ether oxygens (including phenoxy) is 5. The smallest absolute Gasteiger partial charge is 0.337 e. The summed E-state index contributed by atoms with van der Waals surface area (Å²) >= 11 is 1.72. The maximum Gasteiger partial charge on any atom is 0.337 e. The van der Waals surface area contributed by atoms with Crippen molar-refractivity contribution in [1.82, 2.24) is 0 Å². The summed E-state index contributed by atoms with van der Waals surface area (Å²) in [6, 6.07) is 29.4. The van der Waals surface area contributed by atoms with Gasteiger partial charge in [0.2, 0.25) is 0 Å². The van der Waals surface area contributed by atoms with Gasteiger partial charge in [-0.05, 0) is 16.7 Å². The molecule has 3 aromatic rings. The van der Waals surface area contributed by atoms with Gasteiger partial charge in [-0.25, -0.2) is 4.79 Å². The van der Waals surface area contributed by atoms with Crippen LogP contribution in [-0.4, -0.2) is 61.3 Å². The molecule has 0 aromatic heterocycles. The second kappa shape index (κ2) is 15.0. The van der Waals surface area contributed by atoms with Crippen molar-refractivity contribution in [2.45, 2.75) is 49.7 Å². The van der Waals surface area contributed by atoms with Crippen LogP contribution in [0.25, 0.3) is 0 Å². The fourth-order valence-electron chi connectivity index (χ4n) is 4.15. The zero-order valence-electron chi connectivity index (χ0n) is 21.4. The quantitative estimate of drug-likeness (QED) is 0.254. The van der Waals surface area contributed by atoms with Crippen LogP contribution in [0.5, 0.6) is 0 Å². The standard InChI is InChI=1S/C30H34O7S/c1-33-29(32)28-26(35-19-22-11-5-2-6-12-22)25(31)27(36-20-23-13-7-3-8-14-23)30(37-28)34-17-18-38-21-24-15-9-4-10-16-24/h2-16,25-28,30-31H,17-21H2,1H3. The van der Waals surface area contributed by atoms with Crippen molar-refractivity contribution < 1.29 is 33.6 Å². The number of hydrogen-bond acceptors (Lipinski definition) is 8. The van der Waals surface area contributed by atoms with Crippen molar-refractivity contribution in [3.05, 3.63) is 108 Å². The van der Waals surface area contributed by atoms with E-state index in [1.54, 1.807) is 11.8 Å². The highest BCUT2D eigenvalue weighted by molar-refractivity contribution is 7.98. The van der Waals surface area contributed by atoms with E-state index in [1.165, 1.54) is 12.7 Å². The molecule has 0 spiro atoms. The number of hydrogen-bond donors (Lipinski definition) is 1. The number of carbonyl (C=O) groups excluding carboxylic acids is 1. The normalized spacial score (nSPS) is 23.2. The molecule has 1 aliphatic heterocycles. The number of esters is 1. The van der Waals surface area contributed by atoms with Crippen LogP contribution in [0.3, 0.4) is 0 Å². The van der Waals surface area contributed by atoms with Gasteiger partial charge in [-0.3, -0.25) is 0 Å². The molecule has 0 saturated carbocycles. The number of thioether (sulfide) groups is 1. The molecule has 0 amide bonds. The van der Waals surface area contributed by atoms with Gasteiger partial charge in [0.15, 0.2) is 12.4 Å². The van der Waals surface area contributed by atoms with Crippen molar-refractivity contribution in [3.8, 4) is 0 Å². The van der Waals surface area contributed by atoms with E-state index in [0.717, 1.165) is 16.9 Å². The first kappa shape index (κ1) is 28.3. The zero-order valence-corrected chi connectivity index (χ0v) is 22.2. The van der Waals surface area contributed by atoms with Crippen LogP contribution < -0.4 is 0 Å². The average molecular weight is 539 g/mol. The number of carbonyl (C=O) groups is 1. The molecule has 5 atom stereocenters. The van der Waals surface area contributed by atoms with Crippen LogP contribution in [0.1, 0.15) is 16.7 Å². The minimum Gasteiger partial charge on any atom is -0.467 e. The Hall–Kier alpha value is -2.72. The Bertz CT molecular complexity index is 1080. The largest absolute Gasteiger partial charge is 0.467 e. The molecule has 202 valence electrons. The molecule has 38 heavy (non-hydrogen) atoms. The average Bonchev–Trinajstić information content (AvgIpc) is 2.97. The first-order chi connectivity index (χ1) is 18.7. The molecule has 3 aromatic carbocycles. The van der Waals surface area contributed by atoms with E-state index < -0.39 is 36.7 Å². The summed E-state index contributed by atoms with van der Waals surface area (Å²) in [4.78, 5) is 12.7. The SMILES string of the molecule is COC(=O)C1OC(OCCSCc2ccccc2)C(OCc2ccccc2)C(O)C1OCc1ccccc1. The molecular formula is C30H34O7S. The van der Waals surface area contributed by atoms with E-state index in [0.29, 0.717) is 12.4 Å². The van der Waals surface area contributed by atoms with Crippen LogP contribution in [0.2, 0.25) is 0 Å². The van der Waals surface area contributed by atoms with Gasteiger partial charge >= 0.3 is 5.97 Å². The summed E-state index contributed by atoms with van der Waals surface area (Å²) in [5.41, 5.74) is 3.07. The molecule has 1 heterocycles. The molecule has 0 bridgehead atoms. The number of rotatable bonds is 13. The van der Waals surface area contributed by atoms with E-state index in [4.69, 9.17) is 23.7 Å². The summed E-state index contributed by atoms with van der Waals surface area (Å²) in [6.07, 6.45) is -5.22. The fourth-order valence-corrected chi connectivity index (χ4v) is 4.94. The molecule has 8 heteroatoms. The van der Waals surface area contributed by atoms with Gasteiger partial charge in [0, 0.05) is 11.5 Å². The van der Waals surface area contributed by atoms with Gasteiger partial charge < -0.3 is 28.8 Å². The molecule has 0 radical (unpaired) electrons. The van der Waals surface area contributed by atoms with Gasteiger partial charge in [0.25, 0.3) is 0 Å². The van der Waals surface area contributed by atoms with Gasteiger partial charge in [0.05, 0.1) is 26.9 Å². The summed E-state index contributed by atoms with van der Waals surface area (Å²) in [5.74, 6) is 0.912. The van der Waals surface area contributed by atoms with Crippen molar-refractivity contribution in [1.29, 1.82) is 0 Å².